The fourth-order valence-electron chi connectivity index (χ4n) is 3.30. The van der Waals surface area contributed by atoms with E-state index in [1.807, 2.05) is 18.0 Å². The van der Waals surface area contributed by atoms with Crippen LogP contribution in [0.4, 0.5) is 5.69 Å². The van der Waals surface area contributed by atoms with Crippen LogP contribution in [-0.2, 0) is 4.79 Å². The molecule has 2 rings (SSSR count). The summed E-state index contributed by atoms with van der Waals surface area (Å²) < 4.78 is 3.82. The van der Waals surface area contributed by atoms with Crippen LogP contribution in [0.3, 0.4) is 0 Å². The van der Waals surface area contributed by atoms with Crippen molar-refractivity contribution in [1.29, 1.82) is 0 Å². The van der Waals surface area contributed by atoms with E-state index in [1.54, 1.807) is 0 Å². The first-order chi connectivity index (χ1) is 12.4. The van der Waals surface area contributed by atoms with Crippen molar-refractivity contribution in [2.45, 2.75) is 64.2 Å². The molecule has 0 spiro atoms. The van der Waals surface area contributed by atoms with Gasteiger partial charge in [-0.2, -0.15) is 0 Å². The first-order valence-corrected chi connectivity index (χ1v) is 10.7. The predicted molar refractivity (Wildman–Crippen MR) is 114 cm³/mol. The zero-order chi connectivity index (χ0) is 19.0. The van der Waals surface area contributed by atoms with Crippen LogP contribution in [0.1, 0.15) is 53.4 Å². The van der Waals surface area contributed by atoms with Gasteiger partial charge in [0.1, 0.15) is 0 Å². The highest BCUT2D eigenvalue weighted by Crippen LogP contribution is 2.28. The molecule has 0 heterocycles. The van der Waals surface area contributed by atoms with Crippen LogP contribution in [0.2, 0.25) is 0 Å². The van der Waals surface area contributed by atoms with Crippen LogP contribution in [0.25, 0.3) is 0 Å². The van der Waals surface area contributed by atoms with Gasteiger partial charge in [-0.25, -0.2) is 0 Å². The maximum absolute atomic E-state index is 12.5. The molecule has 1 aliphatic carbocycles. The van der Waals surface area contributed by atoms with E-state index < -0.39 is 0 Å². The summed E-state index contributed by atoms with van der Waals surface area (Å²) in [4.78, 5) is 14.8. The van der Waals surface area contributed by atoms with E-state index >= 15 is 0 Å². The molecule has 0 unspecified atom stereocenters. The average molecular weight is 378 g/mol. The summed E-state index contributed by atoms with van der Waals surface area (Å²) in [5, 5.41) is 3.15. The first-order valence-electron chi connectivity index (χ1n) is 9.90. The monoisotopic (exact) mass is 377 g/mol. The van der Waals surface area contributed by atoms with Crippen molar-refractivity contribution in [3.8, 4) is 0 Å². The fraction of sp³-hybridized carbons (Fsp3) is 0.667. The SMILES string of the molecule is CCN(CCNC(=O)C1CCC(NSC(C)(C)C)CC1)c1ccccc1. The van der Waals surface area contributed by atoms with Crippen molar-refractivity contribution in [3.63, 3.8) is 0 Å². The van der Waals surface area contributed by atoms with E-state index in [-0.39, 0.29) is 16.6 Å². The lowest BCUT2D eigenvalue weighted by atomic mass is 9.86. The minimum atomic E-state index is 0.180. The van der Waals surface area contributed by atoms with E-state index in [2.05, 4.69) is 66.9 Å². The van der Waals surface area contributed by atoms with Crippen LogP contribution in [0.5, 0.6) is 0 Å². The van der Waals surface area contributed by atoms with Gasteiger partial charge in [0.15, 0.2) is 0 Å². The maximum atomic E-state index is 12.5. The van der Waals surface area contributed by atoms with Gasteiger partial charge in [0, 0.05) is 42.0 Å². The molecule has 0 aliphatic heterocycles. The molecule has 4 nitrogen and oxygen atoms in total. The molecule has 0 aromatic heterocycles. The van der Waals surface area contributed by atoms with E-state index in [4.69, 9.17) is 0 Å². The van der Waals surface area contributed by atoms with Gasteiger partial charge in [-0.3, -0.25) is 9.52 Å². The van der Waals surface area contributed by atoms with Crippen LogP contribution in [0, 0.1) is 5.92 Å². The van der Waals surface area contributed by atoms with Gasteiger partial charge in [0.25, 0.3) is 0 Å². The van der Waals surface area contributed by atoms with Gasteiger partial charge in [0.05, 0.1) is 0 Å². The lowest BCUT2D eigenvalue weighted by Crippen LogP contribution is -2.40. The second-order valence-electron chi connectivity index (χ2n) is 8.09. The summed E-state index contributed by atoms with van der Waals surface area (Å²) in [6, 6.07) is 10.9. The third-order valence-corrected chi connectivity index (χ3v) is 5.88. The molecule has 0 saturated heterocycles. The summed E-state index contributed by atoms with van der Waals surface area (Å²) in [5.41, 5.74) is 1.21. The Labute approximate surface area is 163 Å². The Morgan fingerprint density at radius 2 is 1.81 bits per heavy atom. The molecule has 1 aromatic carbocycles. The minimum absolute atomic E-state index is 0.180. The largest absolute Gasteiger partial charge is 0.370 e. The Morgan fingerprint density at radius 1 is 1.15 bits per heavy atom. The molecule has 1 saturated carbocycles. The van der Waals surface area contributed by atoms with Gasteiger partial charge < -0.3 is 10.2 Å². The first kappa shape index (κ1) is 21.1. The Balaban J connectivity index is 1.67. The number of carbonyl (C=O) groups is 1. The van der Waals surface area contributed by atoms with E-state index in [1.165, 1.54) is 5.69 Å². The van der Waals surface area contributed by atoms with Crippen LogP contribution in [0.15, 0.2) is 30.3 Å². The third-order valence-electron chi connectivity index (χ3n) is 4.81. The molecular weight excluding hydrogens is 342 g/mol. The number of benzene rings is 1. The Hall–Kier alpha value is -1.20. The number of anilines is 1. The summed E-state index contributed by atoms with van der Waals surface area (Å²) in [6.45, 7) is 11.3. The number of nitrogens with one attached hydrogen (secondary N) is 2. The standard InChI is InChI=1S/C21H35N3OS/c1-5-24(19-9-7-6-8-10-19)16-15-22-20(25)17-11-13-18(14-12-17)23-26-21(2,3)4/h6-10,17-18,23H,5,11-16H2,1-4H3,(H,22,25). The molecule has 26 heavy (non-hydrogen) atoms. The average Bonchev–Trinajstić information content (AvgIpc) is 2.64. The van der Waals surface area contributed by atoms with E-state index in [0.29, 0.717) is 12.6 Å². The van der Waals surface area contributed by atoms with Crippen molar-refractivity contribution >= 4 is 23.5 Å². The van der Waals surface area contributed by atoms with Crippen molar-refractivity contribution < 1.29 is 4.79 Å². The summed E-state index contributed by atoms with van der Waals surface area (Å²) in [5.74, 6) is 0.413. The van der Waals surface area contributed by atoms with Crippen LogP contribution >= 0.6 is 11.9 Å². The van der Waals surface area contributed by atoms with Gasteiger partial charge in [-0.15, -0.1) is 0 Å². The van der Waals surface area contributed by atoms with Gasteiger partial charge >= 0.3 is 0 Å². The lowest BCUT2D eigenvalue weighted by molar-refractivity contribution is -0.125. The fourth-order valence-corrected chi connectivity index (χ4v) is 4.06. The molecule has 1 aliphatic rings. The molecule has 2 N–H and O–H groups in total. The summed E-state index contributed by atoms with van der Waals surface area (Å²) >= 11 is 1.81. The summed E-state index contributed by atoms with van der Waals surface area (Å²) in [6.07, 6.45) is 4.16. The normalized spacial score (nSPS) is 20.6. The highest BCUT2D eigenvalue weighted by Gasteiger charge is 2.27. The van der Waals surface area contributed by atoms with E-state index in [9.17, 15) is 4.79 Å². The Morgan fingerprint density at radius 3 is 2.38 bits per heavy atom. The minimum Gasteiger partial charge on any atom is -0.370 e. The Bertz CT molecular complexity index is 536. The van der Waals surface area contributed by atoms with E-state index in [0.717, 1.165) is 38.8 Å². The zero-order valence-corrected chi connectivity index (χ0v) is 17.6. The number of para-hydroxylation sites is 1. The number of carbonyl (C=O) groups excluding carboxylic acids is 1. The molecular formula is C21H35N3OS. The van der Waals surface area contributed by atoms with Crippen molar-refractivity contribution in [3.05, 3.63) is 30.3 Å². The molecule has 0 radical (unpaired) electrons. The Kier molecular flexibility index (Phi) is 8.29. The maximum Gasteiger partial charge on any atom is 0.223 e. The number of likely N-dealkylation sites (N-methyl/N-ethyl adjacent to an activating group) is 1. The smallest absolute Gasteiger partial charge is 0.223 e. The van der Waals surface area contributed by atoms with Gasteiger partial charge in [-0.05, 0) is 65.5 Å². The number of hydrogen-bond acceptors (Lipinski definition) is 4. The molecule has 1 amide bonds. The second-order valence-corrected chi connectivity index (χ2v) is 9.75. The number of amides is 1. The second kappa shape index (κ2) is 10.2. The molecule has 0 bridgehead atoms. The zero-order valence-electron chi connectivity index (χ0n) is 16.8. The third kappa shape index (κ3) is 7.20. The molecule has 146 valence electrons. The molecule has 1 aromatic rings. The molecule has 0 atom stereocenters. The van der Waals surface area contributed by atoms with Crippen molar-refractivity contribution in [2.75, 3.05) is 24.5 Å². The van der Waals surface area contributed by atoms with Crippen molar-refractivity contribution in [2.24, 2.45) is 5.92 Å². The highest BCUT2D eigenvalue weighted by molar-refractivity contribution is 7.98. The number of rotatable bonds is 8. The van der Waals surface area contributed by atoms with Gasteiger partial charge in [-0.1, -0.05) is 30.1 Å². The van der Waals surface area contributed by atoms with Crippen molar-refractivity contribution in [1.82, 2.24) is 10.0 Å². The van der Waals surface area contributed by atoms with Crippen LogP contribution in [-0.4, -0.2) is 36.3 Å². The summed E-state index contributed by atoms with van der Waals surface area (Å²) in [7, 11) is 0. The molecule has 1 fully saturated rings. The topological polar surface area (TPSA) is 44.4 Å². The predicted octanol–water partition coefficient (Wildman–Crippen LogP) is 4.22. The van der Waals surface area contributed by atoms with Gasteiger partial charge in [0.2, 0.25) is 5.91 Å². The quantitative estimate of drug-likeness (QED) is 0.666. The highest BCUT2D eigenvalue weighted by atomic mass is 32.2. The number of nitrogens with zero attached hydrogens (tertiary/aromatic N) is 1. The molecule has 5 heteroatoms. The lowest BCUT2D eigenvalue weighted by Gasteiger charge is -2.30. The number of hydrogen-bond donors (Lipinski definition) is 2. The van der Waals surface area contributed by atoms with Crippen LogP contribution < -0.4 is 14.9 Å².